The fourth-order valence-corrected chi connectivity index (χ4v) is 7.29. The normalized spacial score (nSPS) is 20.9. The number of nitrogens with one attached hydrogen (secondary N) is 2. The second-order valence-corrected chi connectivity index (χ2v) is 12.7. The molecule has 2 aromatic heterocycles. The number of tetrazole rings is 1. The van der Waals surface area contributed by atoms with Crippen molar-refractivity contribution < 1.29 is 42.3 Å². The molecule has 2 fully saturated rings. The second-order valence-electron chi connectivity index (χ2n) is 8.69. The maximum absolute atomic E-state index is 13.3. The van der Waals surface area contributed by atoms with Crippen molar-refractivity contribution in [2.45, 2.75) is 28.9 Å². The minimum absolute atomic E-state index is 0.189. The van der Waals surface area contributed by atoms with Gasteiger partial charge >= 0.3 is 18.1 Å². The van der Waals surface area contributed by atoms with E-state index in [4.69, 9.17) is 4.84 Å². The Morgan fingerprint density at radius 2 is 2.07 bits per heavy atom. The van der Waals surface area contributed by atoms with Crippen LogP contribution in [-0.2, 0) is 31.1 Å². The molecule has 0 radical (unpaired) electrons. The van der Waals surface area contributed by atoms with Crippen LogP contribution >= 0.6 is 46.6 Å². The van der Waals surface area contributed by atoms with Gasteiger partial charge in [0.15, 0.2) is 10.8 Å². The third kappa shape index (κ3) is 6.20. The van der Waals surface area contributed by atoms with Crippen molar-refractivity contribution >= 4 is 81.2 Å². The Bertz CT molecular complexity index is 1490. The number of aliphatic carboxylic acids is 1. The van der Waals surface area contributed by atoms with Crippen molar-refractivity contribution in [3.63, 3.8) is 0 Å². The summed E-state index contributed by atoms with van der Waals surface area (Å²) in [5.41, 5.74) is -0.336. The molecule has 5 heterocycles. The van der Waals surface area contributed by atoms with Crippen LogP contribution in [0.3, 0.4) is 0 Å². The van der Waals surface area contributed by atoms with Gasteiger partial charge in [-0.3, -0.25) is 24.6 Å². The number of carbonyl (C=O) groups is 4. The van der Waals surface area contributed by atoms with Crippen molar-refractivity contribution in [2.24, 2.45) is 12.2 Å². The van der Waals surface area contributed by atoms with Crippen LogP contribution in [0, 0.1) is 0 Å². The van der Waals surface area contributed by atoms with Gasteiger partial charge in [-0.2, -0.15) is 24.9 Å². The van der Waals surface area contributed by atoms with Gasteiger partial charge in [0, 0.05) is 35.4 Å². The average molecular weight is 666 g/mol. The van der Waals surface area contributed by atoms with Gasteiger partial charge < -0.3 is 15.3 Å². The zero-order chi connectivity index (χ0) is 30.2. The van der Waals surface area contributed by atoms with Gasteiger partial charge in [-0.1, -0.05) is 16.9 Å². The molecule has 22 heteroatoms. The Balaban J connectivity index is 1.30. The maximum Gasteiger partial charge on any atom is 0.471 e. The molecule has 0 aromatic carbocycles. The fourth-order valence-electron chi connectivity index (χ4n) is 3.71. The van der Waals surface area contributed by atoms with E-state index in [1.54, 1.807) is 24.1 Å². The minimum Gasteiger partial charge on any atom is -0.477 e. The number of amides is 3. The van der Waals surface area contributed by atoms with E-state index in [2.05, 4.69) is 31.0 Å². The molecule has 2 aromatic rings. The molecule has 0 saturated carbocycles. The Labute approximate surface area is 250 Å². The number of nitrogens with zero attached hydrogens (tertiary/aromatic N) is 7. The number of fused-ring (bicyclic) bond motifs is 1. The summed E-state index contributed by atoms with van der Waals surface area (Å²) in [6.07, 6.45) is -5.44. The Morgan fingerprint density at radius 3 is 2.69 bits per heavy atom. The number of hydrogen-bond donors (Lipinski definition) is 3. The summed E-state index contributed by atoms with van der Waals surface area (Å²) in [5.74, 6) is -3.47. The summed E-state index contributed by atoms with van der Waals surface area (Å²) >= 11 is 4.65. The van der Waals surface area contributed by atoms with Gasteiger partial charge in [-0.25, -0.2) is 14.5 Å². The highest BCUT2D eigenvalue weighted by molar-refractivity contribution is 8.01. The first-order chi connectivity index (χ1) is 19.9. The predicted molar refractivity (Wildman–Crippen MR) is 145 cm³/mol. The van der Waals surface area contributed by atoms with E-state index in [1.165, 1.54) is 33.6 Å². The zero-order valence-corrected chi connectivity index (χ0v) is 24.3. The molecular weight excluding hydrogens is 648 g/mol. The molecule has 3 N–H and O–H groups in total. The SMILES string of the molecule is Cn1nnnc1SCC1=C(C(=O)O)N2C(=O)C(NC(=O)/C(=N\OC3CSC3)c3csc(NC(=O)C(F)(F)F)n3)[C@H]2SC1. The Hall–Kier alpha value is -3.37. The number of thiazole rings is 1. The van der Waals surface area contributed by atoms with Crippen molar-refractivity contribution in [1.29, 1.82) is 0 Å². The molecule has 3 aliphatic rings. The molecule has 15 nitrogen and oxygen atoms in total. The summed E-state index contributed by atoms with van der Waals surface area (Å²) in [7, 11) is 1.63. The number of hydrogen-bond acceptors (Lipinski definition) is 14. The minimum atomic E-state index is -5.15. The molecule has 3 amide bonds. The van der Waals surface area contributed by atoms with E-state index in [-0.39, 0.29) is 29.0 Å². The van der Waals surface area contributed by atoms with Crippen molar-refractivity contribution in [3.05, 3.63) is 22.3 Å². The molecule has 0 spiro atoms. The zero-order valence-electron chi connectivity index (χ0n) is 21.0. The van der Waals surface area contributed by atoms with E-state index < -0.39 is 52.1 Å². The van der Waals surface area contributed by atoms with Gasteiger partial charge in [0.05, 0.1) is 0 Å². The third-order valence-corrected chi connectivity index (χ3v) is 10.2. The first kappa shape index (κ1) is 30.1. The lowest BCUT2D eigenvalue weighted by Crippen LogP contribution is -2.71. The molecular formula is C20H18F3N9O6S4. The van der Waals surface area contributed by atoms with Crippen LogP contribution in [0.15, 0.2) is 27.0 Å². The number of thioether (sulfide) groups is 3. The predicted octanol–water partition coefficient (Wildman–Crippen LogP) is 0.534. The molecule has 1 unspecified atom stereocenters. The lowest BCUT2D eigenvalue weighted by atomic mass is 10.0. The Kier molecular flexibility index (Phi) is 8.66. The maximum atomic E-state index is 13.3. The number of aromatic nitrogens is 5. The van der Waals surface area contributed by atoms with Gasteiger partial charge in [0.25, 0.3) is 11.8 Å². The summed E-state index contributed by atoms with van der Waals surface area (Å²) in [4.78, 5) is 60.1. The fraction of sp³-hybridized carbons (Fsp3) is 0.450. The summed E-state index contributed by atoms with van der Waals surface area (Å²) in [5, 5.41) is 29.4. The highest BCUT2D eigenvalue weighted by atomic mass is 32.2. The highest BCUT2D eigenvalue weighted by Gasteiger charge is 2.54. The highest BCUT2D eigenvalue weighted by Crippen LogP contribution is 2.41. The lowest BCUT2D eigenvalue weighted by Gasteiger charge is -2.49. The van der Waals surface area contributed by atoms with Gasteiger partial charge in [0.2, 0.25) is 5.16 Å². The quantitative estimate of drug-likeness (QED) is 0.138. The molecule has 0 aliphatic carbocycles. The first-order valence-electron chi connectivity index (χ1n) is 11.7. The number of anilines is 1. The monoisotopic (exact) mass is 665 g/mol. The number of rotatable bonds is 10. The summed E-state index contributed by atoms with van der Waals surface area (Å²) in [6.45, 7) is 0. The van der Waals surface area contributed by atoms with Crippen LogP contribution in [0.1, 0.15) is 5.69 Å². The first-order valence-corrected chi connectivity index (χ1v) is 15.7. The lowest BCUT2D eigenvalue weighted by molar-refractivity contribution is -0.167. The van der Waals surface area contributed by atoms with Crippen molar-refractivity contribution in [2.75, 3.05) is 28.3 Å². The van der Waals surface area contributed by atoms with E-state index in [0.29, 0.717) is 33.6 Å². The molecule has 3 aliphatic heterocycles. The van der Waals surface area contributed by atoms with Gasteiger partial charge in [-0.15, -0.1) is 28.2 Å². The van der Waals surface area contributed by atoms with Crippen molar-refractivity contribution in [1.82, 2.24) is 35.4 Å². The topological polar surface area (TPSA) is 194 Å². The van der Waals surface area contributed by atoms with Crippen molar-refractivity contribution in [3.8, 4) is 0 Å². The second kappa shape index (κ2) is 12.1. The molecule has 42 heavy (non-hydrogen) atoms. The third-order valence-electron chi connectivity index (χ3n) is 5.83. The van der Waals surface area contributed by atoms with Crippen LogP contribution in [0.25, 0.3) is 0 Å². The van der Waals surface area contributed by atoms with Crippen LogP contribution in [0.4, 0.5) is 18.3 Å². The smallest absolute Gasteiger partial charge is 0.471 e. The molecule has 5 rings (SSSR count). The number of carbonyl (C=O) groups excluding carboxylic acids is 3. The molecule has 2 saturated heterocycles. The van der Waals surface area contributed by atoms with E-state index in [1.807, 2.05) is 0 Å². The average Bonchev–Trinajstić information content (AvgIpc) is 3.54. The number of aryl methyl sites for hydroxylation is 1. The standard InChI is InChI=1S/C20H18F3N9O6S4/c1-31-19(27-29-30-31)42-3-7-2-40-15-11(14(34)32(15)12(7)16(35)36)25-13(33)10(28-38-8-4-39-5-8)9-6-41-18(24-9)26-17(37)20(21,22)23/h6,8,11,15H,2-5H2,1H3,(H,25,33)(H,35,36)(H,24,26,37)/b28-10-/t11?,15-/m1/s1. The molecule has 2 atom stereocenters. The van der Waals surface area contributed by atoms with Crippen LogP contribution in [0.2, 0.25) is 0 Å². The van der Waals surface area contributed by atoms with E-state index in [9.17, 15) is 37.5 Å². The number of halogens is 3. The summed E-state index contributed by atoms with van der Waals surface area (Å²) < 4.78 is 39.3. The molecule has 0 bridgehead atoms. The van der Waals surface area contributed by atoms with Crippen LogP contribution in [0.5, 0.6) is 0 Å². The number of carboxylic acids is 1. The summed E-state index contributed by atoms with van der Waals surface area (Å²) in [6, 6.07) is -1.12. The largest absolute Gasteiger partial charge is 0.477 e. The van der Waals surface area contributed by atoms with E-state index >= 15 is 0 Å². The Morgan fingerprint density at radius 1 is 1.31 bits per heavy atom. The number of alkyl halides is 3. The number of oxime groups is 1. The van der Waals surface area contributed by atoms with Gasteiger partial charge in [0.1, 0.15) is 28.9 Å². The van der Waals surface area contributed by atoms with E-state index in [0.717, 1.165) is 4.90 Å². The van der Waals surface area contributed by atoms with Gasteiger partial charge in [-0.05, 0) is 16.0 Å². The number of β-lactam (4-membered cyclic amide) rings is 1. The van der Waals surface area contributed by atoms with Crippen LogP contribution < -0.4 is 10.6 Å². The molecule has 224 valence electrons. The van der Waals surface area contributed by atoms with Crippen LogP contribution in [-0.4, -0.2) is 111 Å². The number of carboxylic acid groups (broad SMARTS) is 1.